The van der Waals surface area contributed by atoms with Crippen LogP contribution in [0.15, 0.2) is 34.8 Å². The molecule has 0 spiro atoms. The van der Waals surface area contributed by atoms with Crippen LogP contribution in [0.2, 0.25) is 0 Å². The Morgan fingerprint density at radius 2 is 2.00 bits per heavy atom. The number of benzene rings is 2. The van der Waals surface area contributed by atoms with Gasteiger partial charge in [-0.3, -0.25) is 4.79 Å². The molecule has 0 fully saturated rings. The van der Waals surface area contributed by atoms with Crippen LogP contribution < -0.4 is 0 Å². The second-order valence-electron chi connectivity index (χ2n) is 3.26. The molecule has 1 nitrogen and oxygen atoms in total. The lowest BCUT2D eigenvalue weighted by Crippen LogP contribution is -1.86. The van der Waals surface area contributed by atoms with Crippen molar-refractivity contribution in [3.8, 4) is 0 Å². The Morgan fingerprint density at radius 1 is 1.21 bits per heavy atom. The molecule has 0 unspecified atom stereocenters. The number of rotatable bonds is 1. The van der Waals surface area contributed by atoms with Gasteiger partial charge in [0.1, 0.15) is 0 Å². The van der Waals surface area contributed by atoms with E-state index < -0.39 is 0 Å². The molecule has 0 saturated heterocycles. The van der Waals surface area contributed by atoms with Crippen molar-refractivity contribution >= 4 is 33.0 Å². The summed E-state index contributed by atoms with van der Waals surface area (Å²) in [4.78, 5) is 10.9. The van der Waals surface area contributed by atoms with Gasteiger partial charge in [0.05, 0.1) is 0 Å². The molecular formula is C12H9BrO. The van der Waals surface area contributed by atoms with Gasteiger partial charge in [-0.05, 0) is 33.8 Å². The van der Waals surface area contributed by atoms with E-state index in [0.29, 0.717) is 0 Å². The molecule has 0 atom stereocenters. The van der Waals surface area contributed by atoms with E-state index in [2.05, 4.69) is 15.9 Å². The molecule has 0 aliphatic heterocycles. The van der Waals surface area contributed by atoms with Crippen LogP contribution in [-0.2, 0) is 0 Å². The van der Waals surface area contributed by atoms with Gasteiger partial charge in [0, 0.05) is 15.4 Å². The quantitative estimate of drug-likeness (QED) is 0.704. The highest BCUT2D eigenvalue weighted by atomic mass is 79.9. The first-order valence-electron chi connectivity index (χ1n) is 4.37. The maximum absolute atomic E-state index is 10.9. The van der Waals surface area contributed by atoms with Gasteiger partial charge in [0.2, 0.25) is 0 Å². The lowest BCUT2D eigenvalue weighted by molar-refractivity contribution is 0.112. The van der Waals surface area contributed by atoms with Gasteiger partial charge in [-0.25, -0.2) is 0 Å². The van der Waals surface area contributed by atoms with Crippen LogP contribution >= 0.6 is 15.9 Å². The molecule has 0 aromatic heterocycles. The molecule has 0 bridgehead atoms. The van der Waals surface area contributed by atoms with Crippen LogP contribution in [0.5, 0.6) is 0 Å². The second kappa shape index (κ2) is 3.54. The first-order chi connectivity index (χ1) is 6.74. The lowest BCUT2D eigenvalue weighted by Gasteiger charge is -2.05. The summed E-state index contributed by atoms with van der Waals surface area (Å²) in [5.41, 5.74) is 1.88. The minimum absolute atomic E-state index is 0.734. The third-order valence-corrected chi connectivity index (χ3v) is 3.36. The van der Waals surface area contributed by atoms with Crippen LogP contribution in [-0.4, -0.2) is 6.29 Å². The molecule has 0 amide bonds. The number of carbonyl (C=O) groups excluding carboxylic acids is 1. The van der Waals surface area contributed by atoms with Crippen molar-refractivity contribution in [3.63, 3.8) is 0 Å². The normalized spacial score (nSPS) is 10.4. The Balaban J connectivity index is 2.96. The van der Waals surface area contributed by atoms with Gasteiger partial charge in [-0.2, -0.15) is 0 Å². The van der Waals surface area contributed by atoms with Crippen LogP contribution in [0, 0.1) is 6.92 Å². The van der Waals surface area contributed by atoms with E-state index >= 15 is 0 Å². The SMILES string of the molecule is Cc1ccc2cccc(C=O)c2c1Br. The summed E-state index contributed by atoms with van der Waals surface area (Å²) < 4.78 is 1.01. The fraction of sp³-hybridized carbons (Fsp3) is 0.0833. The third-order valence-electron chi connectivity index (χ3n) is 2.33. The van der Waals surface area contributed by atoms with Crippen molar-refractivity contribution in [1.29, 1.82) is 0 Å². The van der Waals surface area contributed by atoms with Crippen molar-refractivity contribution in [3.05, 3.63) is 45.9 Å². The largest absolute Gasteiger partial charge is 0.298 e. The predicted molar refractivity (Wildman–Crippen MR) is 61.8 cm³/mol. The third kappa shape index (κ3) is 1.36. The van der Waals surface area contributed by atoms with Crippen LogP contribution in [0.4, 0.5) is 0 Å². The van der Waals surface area contributed by atoms with Gasteiger partial charge in [0.25, 0.3) is 0 Å². The van der Waals surface area contributed by atoms with Gasteiger partial charge in [-0.1, -0.05) is 30.3 Å². The van der Waals surface area contributed by atoms with Crippen LogP contribution in [0.1, 0.15) is 15.9 Å². The molecule has 2 heteroatoms. The van der Waals surface area contributed by atoms with E-state index in [4.69, 9.17) is 0 Å². The van der Waals surface area contributed by atoms with Gasteiger partial charge >= 0.3 is 0 Å². The number of hydrogen-bond acceptors (Lipinski definition) is 1. The summed E-state index contributed by atoms with van der Waals surface area (Å²) in [5.74, 6) is 0. The molecule has 14 heavy (non-hydrogen) atoms. The number of aryl methyl sites for hydroxylation is 1. The molecule has 2 aromatic rings. The van der Waals surface area contributed by atoms with E-state index in [0.717, 1.165) is 32.7 Å². The van der Waals surface area contributed by atoms with Gasteiger partial charge in [0.15, 0.2) is 6.29 Å². The highest BCUT2D eigenvalue weighted by Gasteiger charge is 2.05. The van der Waals surface area contributed by atoms with Crippen molar-refractivity contribution in [2.24, 2.45) is 0 Å². The predicted octanol–water partition coefficient (Wildman–Crippen LogP) is 3.72. The first-order valence-corrected chi connectivity index (χ1v) is 5.16. The Morgan fingerprint density at radius 3 is 2.71 bits per heavy atom. The Kier molecular flexibility index (Phi) is 2.38. The van der Waals surface area contributed by atoms with Gasteiger partial charge < -0.3 is 0 Å². The molecule has 2 rings (SSSR count). The molecule has 70 valence electrons. The van der Waals surface area contributed by atoms with Crippen molar-refractivity contribution in [2.75, 3.05) is 0 Å². The van der Waals surface area contributed by atoms with Crippen molar-refractivity contribution < 1.29 is 4.79 Å². The maximum Gasteiger partial charge on any atom is 0.150 e. The Labute approximate surface area is 90.9 Å². The maximum atomic E-state index is 10.9. The fourth-order valence-electron chi connectivity index (χ4n) is 1.56. The summed E-state index contributed by atoms with van der Waals surface area (Å²) in [5, 5.41) is 2.09. The molecule has 0 saturated carbocycles. The summed E-state index contributed by atoms with van der Waals surface area (Å²) in [6.07, 6.45) is 0.895. The van der Waals surface area contributed by atoms with Gasteiger partial charge in [-0.15, -0.1) is 0 Å². The van der Waals surface area contributed by atoms with E-state index in [1.807, 2.05) is 37.3 Å². The summed E-state index contributed by atoms with van der Waals surface area (Å²) in [6.45, 7) is 2.02. The van der Waals surface area contributed by atoms with Crippen molar-refractivity contribution in [1.82, 2.24) is 0 Å². The zero-order valence-corrected chi connectivity index (χ0v) is 9.34. The summed E-state index contributed by atoms with van der Waals surface area (Å²) >= 11 is 3.51. The zero-order chi connectivity index (χ0) is 10.1. The zero-order valence-electron chi connectivity index (χ0n) is 7.75. The van der Waals surface area contributed by atoms with Crippen LogP contribution in [0.25, 0.3) is 10.8 Å². The first kappa shape index (κ1) is 9.41. The molecule has 0 radical (unpaired) electrons. The molecule has 0 aliphatic rings. The molecule has 2 aromatic carbocycles. The number of halogens is 1. The Hall–Kier alpha value is -1.15. The lowest BCUT2D eigenvalue weighted by atomic mass is 10.0. The Bertz CT molecular complexity index is 503. The average molecular weight is 249 g/mol. The number of fused-ring (bicyclic) bond motifs is 1. The summed E-state index contributed by atoms with van der Waals surface area (Å²) in [7, 11) is 0. The number of hydrogen-bond donors (Lipinski definition) is 0. The number of aldehydes is 1. The highest BCUT2D eigenvalue weighted by Crippen LogP contribution is 2.29. The second-order valence-corrected chi connectivity index (χ2v) is 4.05. The van der Waals surface area contributed by atoms with Crippen molar-refractivity contribution in [2.45, 2.75) is 6.92 Å². The highest BCUT2D eigenvalue weighted by molar-refractivity contribution is 9.10. The molecule has 0 heterocycles. The minimum atomic E-state index is 0.734. The fourth-order valence-corrected chi connectivity index (χ4v) is 2.15. The van der Waals surface area contributed by atoms with E-state index in [-0.39, 0.29) is 0 Å². The molecular weight excluding hydrogens is 240 g/mol. The molecule has 0 aliphatic carbocycles. The standard InChI is InChI=1S/C12H9BrO/c1-8-5-6-9-3-2-4-10(7-14)11(9)12(8)13/h2-7H,1H3. The average Bonchev–Trinajstić information content (AvgIpc) is 2.23. The van der Waals surface area contributed by atoms with E-state index in [9.17, 15) is 4.79 Å². The smallest absolute Gasteiger partial charge is 0.150 e. The minimum Gasteiger partial charge on any atom is -0.298 e. The van der Waals surface area contributed by atoms with E-state index in [1.54, 1.807) is 0 Å². The number of carbonyl (C=O) groups is 1. The summed E-state index contributed by atoms with van der Waals surface area (Å²) in [6, 6.07) is 9.81. The monoisotopic (exact) mass is 248 g/mol. The van der Waals surface area contributed by atoms with Crippen LogP contribution in [0.3, 0.4) is 0 Å². The molecule has 0 N–H and O–H groups in total. The topological polar surface area (TPSA) is 17.1 Å². The van der Waals surface area contributed by atoms with E-state index in [1.165, 1.54) is 0 Å².